The van der Waals surface area contributed by atoms with E-state index in [0.29, 0.717) is 0 Å². The second-order valence-corrected chi connectivity index (χ2v) is 10.8. The molecule has 0 saturated carbocycles. The maximum atomic E-state index is 11.7. The third-order valence-electron chi connectivity index (χ3n) is 5.89. The average Bonchev–Trinajstić information content (AvgIpc) is 3.38. The second kappa shape index (κ2) is 9.19. The molecule has 0 fully saturated rings. The smallest absolute Gasteiger partial charge is 0.355 e. The van der Waals surface area contributed by atoms with Crippen molar-refractivity contribution < 1.29 is 9.90 Å². The molecule has 0 spiro atoms. The van der Waals surface area contributed by atoms with Crippen LogP contribution < -0.4 is 10.7 Å². The Kier molecular flexibility index (Phi) is 6.12. The van der Waals surface area contributed by atoms with Crippen LogP contribution in [0.5, 0.6) is 0 Å². The van der Waals surface area contributed by atoms with E-state index in [1.165, 1.54) is 21.8 Å². The van der Waals surface area contributed by atoms with Crippen LogP contribution in [0.25, 0.3) is 10.6 Å². The Morgan fingerprint density at radius 3 is 2.79 bits per heavy atom. The molecule has 3 N–H and O–H groups in total. The van der Waals surface area contributed by atoms with Crippen molar-refractivity contribution in [1.29, 1.82) is 0 Å². The van der Waals surface area contributed by atoms with E-state index in [1.807, 2.05) is 26.0 Å². The standard InChI is InChI=1S/C25H26N4O2S2/c1-14(2)22-21(24(30)31)27-23(33-22)16-12-11-15-7-3-4-8-18(17(15)13-16)28-29-25-26-19-9-5-6-10-20(19)32-25/h5-6,9-14,25-26,29H,3-4,7-8H2,1-2H3,(H,30,31)/b28-18+. The van der Waals surface area contributed by atoms with E-state index in [1.54, 1.807) is 11.8 Å². The van der Waals surface area contributed by atoms with Crippen LogP contribution in [-0.2, 0) is 6.42 Å². The van der Waals surface area contributed by atoms with Crippen LogP contribution >= 0.6 is 23.1 Å². The molecule has 1 aromatic heterocycles. The lowest BCUT2D eigenvalue weighted by molar-refractivity contribution is 0.0690. The molecular formula is C25H26N4O2S2. The maximum absolute atomic E-state index is 11.7. The third kappa shape index (κ3) is 4.50. The van der Waals surface area contributed by atoms with Crippen molar-refractivity contribution in [2.24, 2.45) is 5.10 Å². The summed E-state index contributed by atoms with van der Waals surface area (Å²) in [6, 6.07) is 14.6. The molecule has 1 unspecified atom stereocenters. The summed E-state index contributed by atoms with van der Waals surface area (Å²) in [7, 11) is 0. The summed E-state index contributed by atoms with van der Waals surface area (Å²) >= 11 is 3.20. The largest absolute Gasteiger partial charge is 0.476 e. The van der Waals surface area contributed by atoms with E-state index in [0.717, 1.165) is 58.1 Å². The summed E-state index contributed by atoms with van der Waals surface area (Å²) in [5, 5.41) is 18.6. The highest BCUT2D eigenvalue weighted by Gasteiger charge is 2.23. The van der Waals surface area contributed by atoms with Crippen LogP contribution in [0.15, 0.2) is 52.5 Å². The maximum Gasteiger partial charge on any atom is 0.355 e. The number of aromatic nitrogens is 1. The summed E-state index contributed by atoms with van der Waals surface area (Å²) in [5.41, 5.74) is 9.02. The van der Waals surface area contributed by atoms with Gasteiger partial charge in [-0.1, -0.05) is 49.9 Å². The molecule has 6 nitrogen and oxygen atoms in total. The number of thioether (sulfide) groups is 1. The molecule has 0 saturated heterocycles. The quantitative estimate of drug-likeness (QED) is 0.301. The highest BCUT2D eigenvalue weighted by atomic mass is 32.2. The molecule has 33 heavy (non-hydrogen) atoms. The number of nitrogens with one attached hydrogen (secondary N) is 2. The number of hydrogen-bond acceptors (Lipinski definition) is 7. The van der Waals surface area contributed by atoms with Crippen LogP contribution in [0.1, 0.15) is 65.5 Å². The number of rotatable bonds is 5. The van der Waals surface area contributed by atoms with Gasteiger partial charge in [-0.3, -0.25) is 5.43 Å². The van der Waals surface area contributed by atoms with Gasteiger partial charge in [-0.25, -0.2) is 9.78 Å². The van der Waals surface area contributed by atoms with E-state index in [-0.39, 0.29) is 17.1 Å². The zero-order valence-corrected chi connectivity index (χ0v) is 20.2. The Morgan fingerprint density at radius 2 is 2.03 bits per heavy atom. The molecule has 5 rings (SSSR count). The fourth-order valence-corrected chi connectivity index (χ4v) is 6.25. The molecule has 8 heteroatoms. The van der Waals surface area contributed by atoms with Gasteiger partial charge in [0, 0.05) is 20.9 Å². The van der Waals surface area contributed by atoms with E-state index >= 15 is 0 Å². The van der Waals surface area contributed by atoms with Gasteiger partial charge in [0.2, 0.25) is 0 Å². The Bertz CT molecular complexity index is 1210. The molecule has 1 aliphatic carbocycles. The molecule has 2 heterocycles. The van der Waals surface area contributed by atoms with Crippen molar-refractivity contribution >= 4 is 40.5 Å². The second-order valence-electron chi connectivity index (χ2n) is 8.60. The normalized spacial score (nSPS) is 18.5. The molecule has 170 valence electrons. The minimum absolute atomic E-state index is 0.00419. The molecule has 2 aromatic carbocycles. The number of para-hydroxylation sites is 1. The van der Waals surface area contributed by atoms with Crippen LogP contribution in [0.4, 0.5) is 5.69 Å². The molecule has 1 atom stereocenters. The summed E-state index contributed by atoms with van der Waals surface area (Å²) in [5.74, 6) is -0.852. The van der Waals surface area contributed by atoms with Crippen LogP contribution in [-0.4, -0.2) is 27.3 Å². The van der Waals surface area contributed by atoms with E-state index in [4.69, 9.17) is 5.10 Å². The first-order chi connectivity index (χ1) is 16.0. The van der Waals surface area contributed by atoms with Gasteiger partial charge in [0.1, 0.15) is 5.01 Å². The van der Waals surface area contributed by atoms with Gasteiger partial charge in [0.25, 0.3) is 0 Å². The Labute approximate surface area is 201 Å². The monoisotopic (exact) mass is 478 g/mol. The fraction of sp³-hybridized carbons (Fsp3) is 0.320. The predicted octanol–water partition coefficient (Wildman–Crippen LogP) is 6.15. The fourth-order valence-electron chi connectivity index (χ4n) is 4.24. The zero-order valence-electron chi connectivity index (χ0n) is 18.6. The van der Waals surface area contributed by atoms with Gasteiger partial charge in [0.15, 0.2) is 11.2 Å². The van der Waals surface area contributed by atoms with Gasteiger partial charge < -0.3 is 10.4 Å². The SMILES string of the molecule is CC(C)c1sc(-c2ccc3c(c2)/C(=N/NC2Nc4ccccc4S2)CCCC3)nc1C(=O)O. The molecule has 0 amide bonds. The number of anilines is 1. The number of thiazole rings is 1. The highest BCUT2D eigenvalue weighted by Crippen LogP contribution is 2.37. The van der Waals surface area contributed by atoms with Crippen molar-refractivity contribution in [3.8, 4) is 10.6 Å². The van der Waals surface area contributed by atoms with Gasteiger partial charge in [-0.05, 0) is 55.4 Å². The molecule has 0 bridgehead atoms. The van der Waals surface area contributed by atoms with E-state index in [2.05, 4.69) is 46.1 Å². The number of benzene rings is 2. The van der Waals surface area contributed by atoms with E-state index in [9.17, 15) is 9.90 Å². The predicted molar refractivity (Wildman–Crippen MR) is 136 cm³/mol. The number of carboxylic acids is 1. The lowest BCUT2D eigenvalue weighted by atomic mass is 9.99. The summed E-state index contributed by atoms with van der Waals surface area (Å²) in [6.07, 6.45) is 4.15. The lowest BCUT2D eigenvalue weighted by Crippen LogP contribution is -2.27. The minimum atomic E-state index is -0.968. The van der Waals surface area contributed by atoms with Crippen molar-refractivity contribution in [2.75, 3.05) is 5.32 Å². The number of fused-ring (bicyclic) bond motifs is 2. The summed E-state index contributed by atoms with van der Waals surface area (Å²) in [6.45, 7) is 4.01. The number of aromatic carboxylic acids is 1. The summed E-state index contributed by atoms with van der Waals surface area (Å²) < 4.78 is 0. The first-order valence-corrected chi connectivity index (χ1v) is 12.9. The lowest BCUT2D eigenvalue weighted by Gasteiger charge is -2.14. The van der Waals surface area contributed by atoms with Crippen molar-refractivity contribution in [3.63, 3.8) is 0 Å². The Hall–Kier alpha value is -2.84. The van der Waals surface area contributed by atoms with Gasteiger partial charge in [-0.2, -0.15) is 5.10 Å². The van der Waals surface area contributed by atoms with E-state index < -0.39 is 5.97 Å². The molecule has 0 radical (unpaired) electrons. The number of hydrogen-bond donors (Lipinski definition) is 3. The van der Waals surface area contributed by atoms with Crippen molar-refractivity contribution in [3.05, 3.63) is 64.2 Å². The number of nitrogens with zero attached hydrogens (tertiary/aromatic N) is 2. The number of carboxylic acid groups (broad SMARTS) is 1. The number of carbonyl (C=O) groups is 1. The van der Waals surface area contributed by atoms with Crippen molar-refractivity contribution in [2.45, 2.75) is 55.8 Å². The van der Waals surface area contributed by atoms with Gasteiger partial charge >= 0.3 is 5.97 Å². The average molecular weight is 479 g/mol. The number of aryl methyl sites for hydroxylation is 1. The molecular weight excluding hydrogens is 452 g/mol. The Morgan fingerprint density at radius 1 is 1.21 bits per heavy atom. The molecule has 1 aliphatic heterocycles. The van der Waals surface area contributed by atoms with Gasteiger partial charge in [0.05, 0.1) is 11.4 Å². The summed E-state index contributed by atoms with van der Waals surface area (Å²) in [4.78, 5) is 18.2. The molecule has 2 aliphatic rings. The molecule has 3 aromatic rings. The zero-order chi connectivity index (χ0) is 22.9. The van der Waals surface area contributed by atoms with Crippen LogP contribution in [0.2, 0.25) is 0 Å². The van der Waals surface area contributed by atoms with Gasteiger partial charge in [-0.15, -0.1) is 11.3 Å². The van der Waals surface area contributed by atoms with Crippen molar-refractivity contribution in [1.82, 2.24) is 10.4 Å². The Balaban J connectivity index is 1.45. The highest BCUT2D eigenvalue weighted by molar-refractivity contribution is 8.00. The van der Waals surface area contributed by atoms with Crippen LogP contribution in [0.3, 0.4) is 0 Å². The topological polar surface area (TPSA) is 86.6 Å². The van der Waals surface area contributed by atoms with Crippen LogP contribution in [0, 0.1) is 0 Å². The third-order valence-corrected chi connectivity index (χ3v) is 8.37. The first kappa shape index (κ1) is 22.0. The number of hydrazone groups is 1. The minimum Gasteiger partial charge on any atom is -0.476 e. The first-order valence-electron chi connectivity index (χ1n) is 11.2.